The molecule has 3 nitrogen and oxygen atoms in total. The van der Waals surface area contributed by atoms with E-state index >= 15 is 0 Å². The van der Waals surface area contributed by atoms with Crippen LogP contribution in [0.2, 0.25) is 0 Å². The molecule has 1 amide bonds. The molecule has 0 bridgehead atoms. The first kappa shape index (κ1) is 16.2. The number of allylic oxidation sites excluding steroid dienone is 2. The lowest BCUT2D eigenvalue weighted by molar-refractivity contribution is -0.119. The van der Waals surface area contributed by atoms with Gasteiger partial charge in [0.05, 0.1) is 0 Å². The van der Waals surface area contributed by atoms with E-state index in [-0.39, 0.29) is 11.8 Å². The van der Waals surface area contributed by atoms with Crippen molar-refractivity contribution in [1.29, 1.82) is 0 Å². The quantitative estimate of drug-likeness (QED) is 0.675. The van der Waals surface area contributed by atoms with E-state index in [1.54, 1.807) is 12.2 Å². The van der Waals surface area contributed by atoms with E-state index in [2.05, 4.69) is 30.7 Å². The molecule has 0 spiro atoms. The van der Waals surface area contributed by atoms with Gasteiger partial charge in [0.15, 0.2) is 0 Å². The first-order valence-electron chi connectivity index (χ1n) is 7.04. The fraction of sp³-hybridized carbons (Fsp3) is 0.353. The van der Waals surface area contributed by atoms with Crippen molar-refractivity contribution in [3.05, 3.63) is 55.1 Å². The van der Waals surface area contributed by atoms with Gasteiger partial charge in [0.25, 0.3) is 0 Å². The average molecular weight is 272 g/mol. The number of hydrogen-bond acceptors (Lipinski definition) is 2. The summed E-state index contributed by atoms with van der Waals surface area (Å²) in [4.78, 5) is 12.3. The van der Waals surface area contributed by atoms with Gasteiger partial charge in [0.1, 0.15) is 0 Å². The molecule has 0 heterocycles. The predicted octanol–water partition coefficient (Wildman–Crippen LogP) is 3.50. The number of hydrogen-bond donors (Lipinski definition) is 2. The van der Waals surface area contributed by atoms with E-state index in [1.165, 1.54) is 0 Å². The van der Waals surface area contributed by atoms with Crippen LogP contribution in [0.4, 0.5) is 5.69 Å². The van der Waals surface area contributed by atoms with Crippen molar-refractivity contribution >= 4 is 11.6 Å². The Bertz CT molecular complexity index is 444. The van der Waals surface area contributed by atoms with Crippen LogP contribution in [-0.4, -0.2) is 12.5 Å². The molecule has 0 fully saturated rings. The highest BCUT2D eigenvalue weighted by Gasteiger charge is 2.16. The highest BCUT2D eigenvalue weighted by Crippen LogP contribution is 2.18. The van der Waals surface area contributed by atoms with Crippen molar-refractivity contribution in [3.63, 3.8) is 0 Å². The fourth-order valence-corrected chi connectivity index (χ4v) is 2.00. The van der Waals surface area contributed by atoms with Crippen molar-refractivity contribution in [1.82, 2.24) is 5.32 Å². The topological polar surface area (TPSA) is 41.1 Å². The minimum atomic E-state index is -0.0998. The molecule has 0 radical (unpaired) electrons. The number of carbonyl (C=O) groups is 1. The number of nitrogens with one attached hydrogen (secondary N) is 2. The number of benzene rings is 1. The molecule has 0 aliphatic rings. The van der Waals surface area contributed by atoms with Crippen LogP contribution in [0.1, 0.15) is 25.3 Å². The summed E-state index contributed by atoms with van der Waals surface area (Å²) >= 11 is 0. The van der Waals surface area contributed by atoms with E-state index in [4.69, 9.17) is 0 Å². The molecule has 0 unspecified atom stereocenters. The Morgan fingerprint density at radius 1 is 1.25 bits per heavy atom. The highest BCUT2D eigenvalue weighted by atomic mass is 16.1. The number of para-hydroxylation sites is 1. The summed E-state index contributed by atoms with van der Waals surface area (Å²) in [5, 5.41) is 6.29. The largest absolute Gasteiger partial charge is 0.326 e. The molecule has 108 valence electrons. The molecule has 0 saturated heterocycles. The van der Waals surface area contributed by atoms with E-state index in [9.17, 15) is 4.79 Å². The molecule has 0 aliphatic heterocycles. The van der Waals surface area contributed by atoms with E-state index in [0.29, 0.717) is 12.8 Å². The van der Waals surface area contributed by atoms with E-state index in [0.717, 1.165) is 24.3 Å². The molecule has 0 saturated carbocycles. The molecular formula is C17H24N2O. The van der Waals surface area contributed by atoms with Gasteiger partial charge in [-0.25, -0.2) is 0 Å². The summed E-state index contributed by atoms with van der Waals surface area (Å²) in [5.41, 5.74) is 1.97. The predicted molar refractivity (Wildman–Crippen MR) is 85.6 cm³/mol. The van der Waals surface area contributed by atoms with Crippen LogP contribution >= 0.6 is 0 Å². The van der Waals surface area contributed by atoms with Crippen LogP contribution < -0.4 is 10.6 Å². The number of anilines is 1. The van der Waals surface area contributed by atoms with Gasteiger partial charge in [0.2, 0.25) is 5.91 Å². The van der Waals surface area contributed by atoms with Crippen LogP contribution in [0.3, 0.4) is 0 Å². The zero-order valence-electron chi connectivity index (χ0n) is 12.2. The second-order valence-corrected chi connectivity index (χ2v) is 4.67. The van der Waals surface area contributed by atoms with Gasteiger partial charge < -0.3 is 10.6 Å². The van der Waals surface area contributed by atoms with Crippen molar-refractivity contribution in [2.75, 3.05) is 11.9 Å². The normalized spacial score (nSPS) is 10.3. The van der Waals surface area contributed by atoms with E-state index in [1.807, 2.05) is 24.3 Å². The summed E-state index contributed by atoms with van der Waals surface area (Å²) in [6.07, 6.45) is 4.87. The lowest BCUT2D eigenvalue weighted by atomic mass is 10.00. The molecule has 0 aliphatic carbocycles. The van der Waals surface area contributed by atoms with Gasteiger partial charge in [-0.3, -0.25) is 4.79 Å². The lowest BCUT2D eigenvalue weighted by Gasteiger charge is -2.16. The molecule has 2 N–H and O–H groups in total. The van der Waals surface area contributed by atoms with Crippen molar-refractivity contribution in [2.45, 2.75) is 26.3 Å². The highest BCUT2D eigenvalue weighted by molar-refractivity contribution is 5.93. The maximum absolute atomic E-state index is 12.3. The third-order valence-corrected chi connectivity index (χ3v) is 3.11. The molecule has 20 heavy (non-hydrogen) atoms. The Balaban J connectivity index is 2.77. The number of rotatable bonds is 9. The maximum Gasteiger partial charge on any atom is 0.228 e. The van der Waals surface area contributed by atoms with Gasteiger partial charge in [-0.05, 0) is 31.0 Å². The summed E-state index contributed by atoms with van der Waals surface area (Å²) < 4.78 is 0. The maximum atomic E-state index is 12.3. The van der Waals surface area contributed by atoms with Gasteiger partial charge in [-0.15, -0.1) is 13.2 Å². The minimum Gasteiger partial charge on any atom is -0.326 e. The second kappa shape index (κ2) is 9.10. The summed E-state index contributed by atoms with van der Waals surface area (Å²) in [5.74, 6) is -0.0778. The zero-order chi connectivity index (χ0) is 14.8. The summed E-state index contributed by atoms with van der Waals surface area (Å²) in [6.45, 7) is 11.1. The van der Waals surface area contributed by atoms with Gasteiger partial charge in [-0.1, -0.05) is 37.3 Å². The van der Waals surface area contributed by atoms with Crippen molar-refractivity contribution in [3.8, 4) is 0 Å². The van der Waals surface area contributed by atoms with Gasteiger partial charge in [-0.2, -0.15) is 0 Å². The number of carbonyl (C=O) groups excluding carboxylic acids is 1. The van der Waals surface area contributed by atoms with Crippen LogP contribution in [0.15, 0.2) is 49.6 Å². The van der Waals surface area contributed by atoms with Crippen LogP contribution in [0.25, 0.3) is 0 Å². The fourth-order valence-electron chi connectivity index (χ4n) is 2.00. The molecule has 1 aromatic carbocycles. The Hall–Kier alpha value is -1.87. The van der Waals surface area contributed by atoms with Crippen molar-refractivity contribution in [2.24, 2.45) is 5.92 Å². The smallest absolute Gasteiger partial charge is 0.228 e. The van der Waals surface area contributed by atoms with Crippen LogP contribution in [-0.2, 0) is 11.3 Å². The second-order valence-electron chi connectivity index (χ2n) is 4.67. The zero-order valence-corrected chi connectivity index (χ0v) is 12.2. The monoisotopic (exact) mass is 272 g/mol. The SMILES string of the molecule is C=CCC(CC=C)C(=O)Nc1ccccc1CNCC. The molecular weight excluding hydrogens is 248 g/mol. The number of amides is 1. The molecule has 0 aromatic heterocycles. The molecule has 1 rings (SSSR count). The van der Waals surface area contributed by atoms with Gasteiger partial charge >= 0.3 is 0 Å². The van der Waals surface area contributed by atoms with Gasteiger partial charge in [0, 0.05) is 18.2 Å². The Morgan fingerprint density at radius 3 is 2.50 bits per heavy atom. The standard InChI is InChI=1S/C17H24N2O/c1-4-9-14(10-5-2)17(20)19-16-12-8-7-11-15(16)13-18-6-3/h4-5,7-8,11-12,14,18H,1-2,6,9-10,13H2,3H3,(H,19,20). The van der Waals surface area contributed by atoms with E-state index < -0.39 is 0 Å². The summed E-state index contributed by atoms with van der Waals surface area (Å²) in [7, 11) is 0. The molecule has 0 atom stereocenters. The molecule has 1 aromatic rings. The Labute approximate surface area is 121 Å². The minimum absolute atomic E-state index is 0.0220. The van der Waals surface area contributed by atoms with Crippen LogP contribution in [0.5, 0.6) is 0 Å². The van der Waals surface area contributed by atoms with Crippen LogP contribution in [0, 0.1) is 5.92 Å². The lowest BCUT2D eigenvalue weighted by Crippen LogP contribution is -2.23. The summed E-state index contributed by atoms with van der Waals surface area (Å²) in [6, 6.07) is 7.87. The van der Waals surface area contributed by atoms with Crippen molar-refractivity contribution < 1.29 is 4.79 Å². The average Bonchev–Trinajstić information content (AvgIpc) is 2.46. The third kappa shape index (κ3) is 5.02. The first-order chi connectivity index (χ1) is 9.72. The third-order valence-electron chi connectivity index (χ3n) is 3.11. The Morgan fingerprint density at radius 2 is 1.90 bits per heavy atom. The Kier molecular flexibility index (Phi) is 7.36. The molecule has 3 heteroatoms. The first-order valence-corrected chi connectivity index (χ1v) is 7.04.